The molecular formula is C8H5N5O2S. The van der Waals surface area contributed by atoms with Crippen LogP contribution in [0.15, 0.2) is 21.0 Å². The quantitative estimate of drug-likeness (QED) is 0.688. The maximum atomic E-state index is 11.6. The number of nitrogens with zero attached hydrogens (tertiary/aromatic N) is 4. The minimum absolute atomic E-state index is 0.257. The van der Waals surface area contributed by atoms with Crippen LogP contribution < -0.4 is 5.56 Å². The van der Waals surface area contributed by atoms with Crippen molar-refractivity contribution in [2.45, 2.75) is 6.42 Å². The van der Waals surface area contributed by atoms with Crippen LogP contribution in [0.4, 0.5) is 0 Å². The van der Waals surface area contributed by atoms with E-state index in [1.165, 1.54) is 11.3 Å². The van der Waals surface area contributed by atoms with Crippen LogP contribution in [0.5, 0.6) is 0 Å². The minimum atomic E-state index is -0.293. The highest BCUT2D eigenvalue weighted by atomic mass is 32.1. The topological polar surface area (TPSA) is 97.6 Å². The fraction of sp³-hybridized carbons (Fsp3) is 0.125. The van der Waals surface area contributed by atoms with Gasteiger partial charge in [-0.05, 0) is 10.3 Å². The predicted octanol–water partition coefficient (Wildman–Crippen LogP) is 0.353. The number of thiazole rings is 1. The molecule has 0 aliphatic heterocycles. The summed E-state index contributed by atoms with van der Waals surface area (Å²) < 4.78 is 4.46. The van der Waals surface area contributed by atoms with Crippen LogP contribution in [0.25, 0.3) is 11.3 Å². The van der Waals surface area contributed by atoms with Crippen LogP contribution in [0.1, 0.15) is 10.7 Å². The lowest BCUT2D eigenvalue weighted by Gasteiger charge is -1.94. The Balaban J connectivity index is 2.09. The average Bonchev–Trinajstić information content (AvgIpc) is 2.89. The second-order valence-corrected chi connectivity index (χ2v) is 4.03. The Bertz CT molecular complexity index is 671. The average molecular weight is 235 g/mol. The van der Waals surface area contributed by atoms with Crippen LogP contribution in [-0.2, 0) is 6.42 Å². The number of fused-ring (bicyclic) bond motifs is 1. The Labute approximate surface area is 92.1 Å². The Morgan fingerprint density at radius 2 is 2.38 bits per heavy atom. The van der Waals surface area contributed by atoms with Gasteiger partial charge < -0.3 is 0 Å². The molecule has 0 radical (unpaired) electrons. The van der Waals surface area contributed by atoms with E-state index in [9.17, 15) is 4.79 Å². The van der Waals surface area contributed by atoms with Crippen molar-refractivity contribution in [2.75, 3.05) is 0 Å². The molecule has 80 valence electrons. The number of rotatable bonds is 2. The summed E-state index contributed by atoms with van der Waals surface area (Å²) in [5.74, 6) is 0. The Kier molecular flexibility index (Phi) is 2.00. The van der Waals surface area contributed by atoms with E-state index in [0.29, 0.717) is 17.8 Å². The van der Waals surface area contributed by atoms with Gasteiger partial charge in [-0.25, -0.2) is 14.6 Å². The van der Waals surface area contributed by atoms with Gasteiger partial charge in [0.1, 0.15) is 5.69 Å². The largest absolute Gasteiger partial charge is 0.299 e. The molecule has 0 bridgehead atoms. The van der Waals surface area contributed by atoms with Crippen molar-refractivity contribution < 1.29 is 4.63 Å². The fourth-order valence-corrected chi connectivity index (χ4v) is 1.92. The first kappa shape index (κ1) is 9.16. The summed E-state index contributed by atoms with van der Waals surface area (Å²) in [6.07, 6.45) is 2.07. The molecule has 3 aromatic rings. The van der Waals surface area contributed by atoms with Crippen LogP contribution in [0.2, 0.25) is 0 Å². The van der Waals surface area contributed by atoms with Crippen molar-refractivity contribution in [1.29, 1.82) is 0 Å². The first-order valence-corrected chi connectivity index (χ1v) is 5.31. The molecule has 3 aromatic heterocycles. The van der Waals surface area contributed by atoms with E-state index in [4.69, 9.17) is 0 Å². The second kappa shape index (κ2) is 3.49. The fourth-order valence-electron chi connectivity index (χ4n) is 1.30. The van der Waals surface area contributed by atoms with Gasteiger partial charge in [0, 0.05) is 18.0 Å². The van der Waals surface area contributed by atoms with Crippen LogP contribution in [0, 0.1) is 0 Å². The van der Waals surface area contributed by atoms with Crippen molar-refractivity contribution in [3.05, 3.63) is 32.6 Å². The summed E-state index contributed by atoms with van der Waals surface area (Å²) in [5, 5.41) is 9.74. The van der Waals surface area contributed by atoms with Gasteiger partial charge in [-0.2, -0.15) is 0 Å². The summed E-state index contributed by atoms with van der Waals surface area (Å²) in [6, 6.07) is 0. The van der Waals surface area contributed by atoms with E-state index < -0.39 is 0 Å². The number of hydrogen-bond donors (Lipinski definition) is 1. The Hall–Kier alpha value is -2.09. The third-order valence-electron chi connectivity index (χ3n) is 2.01. The van der Waals surface area contributed by atoms with Gasteiger partial charge in [0.2, 0.25) is 11.3 Å². The molecule has 0 atom stereocenters. The van der Waals surface area contributed by atoms with Crippen molar-refractivity contribution >= 4 is 22.6 Å². The van der Waals surface area contributed by atoms with Gasteiger partial charge in [0.05, 0.1) is 5.01 Å². The van der Waals surface area contributed by atoms with Crippen molar-refractivity contribution in [2.24, 2.45) is 0 Å². The maximum Gasteiger partial charge on any atom is 0.271 e. The monoisotopic (exact) mass is 235 g/mol. The summed E-state index contributed by atoms with van der Waals surface area (Å²) in [4.78, 5) is 22.3. The zero-order valence-corrected chi connectivity index (χ0v) is 8.69. The van der Waals surface area contributed by atoms with E-state index in [-0.39, 0.29) is 11.2 Å². The highest BCUT2D eigenvalue weighted by molar-refractivity contribution is 7.09. The van der Waals surface area contributed by atoms with Gasteiger partial charge in [-0.3, -0.25) is 9.78 Å². The zero-order valence-electron chi connectivity index (χ0n) is 7.88. The normalized spacial score (nSPS) is 11.0. The highest BCUT2D eigenvalue weighted by Crippen LogP contribution is 2.08. The van der Waals surface area contributed by atoms with E-state index in [0.717, 1.165) is 5.01 Å². The molecule has 0 amide bonds. The number of H-pyrrole nitrogens is 1. The molecule has 0 spiro atoms. The standard InChI is InChI=1S/C8H5N5O2S/c14-8-4(3-5-9-1-2-16-5)10-6-7(11-8)13-15-12-6/h1-2H,3H2,(H,11,13,14). The summed E-state index contributed by atoms with van der Waals surface area (Å²) in [7, 11) is 0. The maximum absolute atomic E-state index is 11.6. The molecule has 8 heteroatoms. The van der Waals surface area contributed by atoms with Crippen molar-refractivity contribution in [1.82, 2.24) is 25.3 Å². The van der Waals surface area contributed by atoms with Crippen molar-refractivity contribution in [3.8, 4) is 0 Å². The number of nitrogens with one attached hydrogen (secondary N) is 1. The summed E-state index contributed by atoms with van der Waals surface area (Å²) >= 11 is 1.47. The zero-order chi connectivity index (χ0) is 11.0. The first-order valence-electron chi connectivity index (χ1n) is 4.43. The van der Waals surface area contributed by atoms with Crippen LogP contribution in [-0.4, -0.2) is 25.3 Å². The molecule has 0 saturated heterocycles. The van der Waals surface area contributed by atoms with Gasteiger partial charge in [0.25, 0.3) is 5.56 Å². The molecule has 0 fully saturated rings. The molecule has 16 heavy (non-hydrogen) atoms. The molecule has 0 saturated carbocycles. The first-order chi connectivity index (χ1) is 7.83. The molecule has 0 aromatic carbocycles. The summed E-state index contributed by atoms with van der Waals surface area (Å²) in [5.41, 5.74) is 0.621. The lowest BCUT2D eigenvalue weighted by molar-refractivity contribution is 0.314. The van der Waals surface area contributed by atoms with Gasteiger partial charge >= 0.3 is 0 Å². The number of hydrogen-bond acceptors (Lipinski definition) is 7. The molecule has 0 aliphatic carbocycles. The van der Waals surface area contributed by atoms with Gasteiger partial charge in [0.15, 0.2) is 0 Å². The van der Waals surface area contributed by atoms with E-state index in [2.05, 4.69) is 29.9 Å². The van der Waals surface area contributed by atoms with Gasteiger partial charge in [-0.1, -0.05) is 0 Å². The molecule has 7 nitrogen and oxygen atoms in total. The Morgan fingerprint density at radius 1 is 1.44 bits per heavy atom. The number of aromatic amines is 1. The lowest BCUT2D eigenvalue weighted by Crippen LogP contribution is -2.15. The van der Waals surface area contributed by atoms with Crippen LogP contribution >= 0.6 is 11.3 Å². The third-order valence-corrected chi connectivity index (χ3v) is 2.79. The van der Waals surface area contributed by atoms with Crippen LogP contribution in [0.3, 0.4) is 0 Å². The summed E-state index contributed by atoms with van der Waals surface area (Å²) in [6.45, 7) is 0. The number of aromatic nitrogens is 5. The molecule has 1 N–H and O–H groups in total. The lowest BCUT2D eigenvalue weighted by atomic mass is 10.3. The molecule has 3 rings (SSSR count). The molecular weight excluding hydrogens is 230 g/mol. The SMILES string of the molecule is O=c1[nH]c2nonc2nc1Cc1nccs1. The predicted molar refractivity (Wildman–Crippen MR) is 55.1 cm³/mol. The third kappa shape index (κ3) is 1.48. The van der Waals surface area contributed by atoms with Crippen molar-refractivity contribution in [3.63, 3.8) is 0 Å². The second-order valence-electron chi connectivity index (χ2n) is 3.05. The highest BCUT2D eigenvalue weighted by Gasteiger charge is 2.10. The molecule has 0 unspecified atom stereocenters. The van der Waals surface area contributed by atoms with Gasteiger partial charge in [-0.15, -0.1) is 11.3 Å². The molecule has 0 aliphatic rings. The Morgan fingerprint density at radius 3 is 3.19 bits per heavy atom. The minimum Gasteiger partial charge on any atom is -0.299 e. The molecule has 3 heterocycles. The van der Waals surface area contributed by atoms with E-state index in [1.807, 2.05) is 5.38 Å². The van der Waals surface area contributed by atoms with E-state index >= 15 is 0 Å². The van der Waals surface area contributed by atoms with E-state index in [1.54, 1.807) is 6.20 Å². The smallest absolute Gasteiger partial charge is 0.271 e.